The molecular formula is Br6NaRh-2. The molecule has 8 heteroatoms. The van der Waals surface area contributed by atoms with E-state index >= 15 is 0 Å². The third-order valence-corrected chi connectivity index (χ3v) is 0. The molecule has 0 N–H and O–H groups in total. The maximum absolute atomic E-state index is 0. The molecule has 0 radical (unpaired) electrons. The first-order valence-corrected chi connectivity index (χ1v) is 0. The van der Waals surface area contributed by atoms with Gasteiger partial charge in [0.1, 0.15) is 0 Å². The Balaban J connectivity index is 0. The Kier molecular flexibility index (Phi) is 638. The molecule has 0 aromatic rings. The molecule has 8 heavy (non-hydrogen) atoms. The van der Waals surface area contributed by atoms with Crippen molar-refractivity contribution >= 4 is 0 Å². The van der Waals surface area contributed by atoms with Crippen LogP contribution >= 0.6 is 0 Å². The van der Waals surface area contributed by atoms with Gasteiger partial charge in [-0.2, -0.15) is 0 Å². The molecule has 0 bridgehead atoms. The van der Waals surface area contributed by atoms with Gasteiger partial charge in [0.25, 0.3) is 0 Å². The maximum atomic E-state index is 0. The van der Waals surface area contributed by atoms with Gasteiger partial charge in [0, 0.05) is 0 Å². The molecule has 0 saturated heterocycles. The van der Waals surface area contributed by atoms with E-state index < -0.39 is 0 Å². The van der Waals surface area contributed by atoms with Crippen LogP contribution in [0.3, 0.4) is 0 Å². The summed E-state index contributed by atoms with van der Waals surface area (Å²) in [4.78, 5) is 0. The summed E-state index contributed by atoms with van der Waals surface area (Å²) in [6.07, 6.45) is 0. The van der Waals surface area contributed by atoms with Crippen LogP contribution in [0.15, 0.2) is 0 Å². The molecule has 0 fully saturated rings. The molecule has 0 atom stereocenters. The summed E-state index contributed by atoms with van der Waals surface area (Å²) in [5.41, 5.74) is 0. The molecule has 0 aliphatic rings. The van der Waals surface area contributed by atoms with Crippen LogP contribution in [-0.2, 0) is 19.5 Å². The van der Waals surface area contributed by atoms with Crippen LogP contribution in [0.2, 0.25) is 0 Å². The van der Waals surface area contributed by atoms with Crippen molar-refractivity contribution in [1.82, 2.24) is 0 Å². The second-order valence-corrected chi connectivity index (χ2v) is 0. The maximum Gasteiger partial charge on any atom is 3.00 e. The van der Waals surface area contributed by atoms with Crippen LogP contribution in [0.5, 0.6) is 0 Å². The summed E-state index contributed by atoms with van der Waals surface area (Å²) in [7, 11) is 0. The Labute approximate surface area is 148 Å². The van der Waals surface area contributed by atoms with Gasteiger partial charge in [-0.15, -0.1) is 0 Å². The van der Waals surface area contributed by atoms with Crippen molar-refractivity contribution in [1.29, 1.82) is 0 Å². The topological polar surface area (TPSA) is 0 Å². The largest absolute Gasteiger partial charge is 3.00 e. The molecule has 0 aromatic heterocycles. The Hall–Kier alpha value is 4.50. The van der Waals surface area contributed by atoms with E-state index in [9.17, 15) is 0 Å². The zero-order valence-electron chi connectivity index (χ0n) is 3.60. The van der Waals surface area contributed by atoms with Gasteiger partial charge in [-0.25, -0.2) is 0 Å². The average Bonchev–Trinajstić information content (AvgIpc) is 0. The summed E-state index contributed by atoms with van der Waals surface area (Å²) in [6, 6.07) is 0. The van der Waals surface area contributed by atoms with E-state index in [2.05, 4.69) is 0 Å². The third-order valence-electron chi connectivity index (χ3n) is 0. The van der Waals surface area contributed by atoms with E-state index in [0.29, 0.717) is 0 Å². The number of hydrogen-bond acceptors (Lipinski definition) is 0. The first-order chi connectivity index (χ1) is 0. The Morgan fingerprint density at radius 3 is 0.375 bits per heavy atom. The normalized spacial score (nSPS) is 0. The minimum Gasteiger partial charge on any atom is -1.00 e. The predicted molar refractivity (Wildman–Crippen MR) is 0 cm³/mol. The van der Waals surface area contributed by atoms with Crippen molar-refractivity contribution < 1.29 is 151 Å². The van der Waals surface area contributed by atoms with Gasteiger partial charge in [-0.1, -0.05) is 0 Å². The van der Waals surface area contributed by atoms with Crippen LogP contribution < -0.4 is 131 Å². The SMILES string of the molecule is [Br-].[Br-].[Br-].[Br-].[Br-].[Br-].[Na+].[Rh+3]. The number of hydrogen-bond donors (Lipinski definition) is 0. The molecule has 0 aliphatic heterocycles. The predicted octanol–water partition coefficient (Wildman–Crippen LogP) is -21.0. The minimum atomic E-state index is 0. The van der Waals surface area contributed by atoms with Gasteiger partial charge in [-0.05, 0) is 0 Å². The minimum absolute atomic E-state index is 0. The summed E-state index contributed by atoms with van der Waals surface area (Å²) in [6.45, 7) is 0. The molecule has 0 heterocycles. The van der Waals surface area contributed by atoms with Crippen molar-refractivity contribution in [3.8, 4) is 0 Å². The zero-order chi connectivity index (χ0) is 0. The van der Waals surface area contributed by atoms with Crippen LogP contribution in [0.1, 0.15) is 0 Å². The quantitative estimate of drug-likeness (QED) is 0.241. The van der Waals surface area contributed by atoms with Crippen molar-refractivity contribution in [2.45, 2.75) is 0 Å². The van der Waals surface area contributed by atoms with Crippen molar-refractivity contribution in [3.63, 3.8) is 0 Å². The molecule has 0 saturated carbocycles. The van der Waals surface area contributed by atoms with E-state index in [1.807, 2.05) is 0 Å². The first-order valence-electron chi connectivity index (χ1n) is 0. The fourth-order valence-corrected chi connectivity index (χ4v) is 0. The molecule has 0 amide bonds. The standard InChI is InChI=1S/6BrH.Na.Rh/h6*1H;;/q;;;;;;+1;+3/p-6. The van der Waals surface area contributed by atoms with Crippen LogP contribution in [0.4, 0.5) is 0 Å². The molecular weight excluding hydrogens is 605 g/mol. The first kappa shape index (κ1) is 81.6. The fraction of sp³-hybridized carbons (Fsp3) is 0. The monoisotopic (exact) mass is 599 g/mol. The van der Waals surface area contributed by atoms with Gasteiger partial charge in [0.2, 0.25) is 0 Å². The van der Waals surface area contributed by atoms with Gasteiger partial charge in [-0.3, -0.25) is 0 Å². The van der Waals surface area contributed by atoms with Gasteiger partial charge in [0.05, 0.1) is 0 Å². The second-order valence-electron chi connectivity index (χ2n) is 0. The average molecular weight is 605 g/mol. The van der Waals surface area contributed by atoms with Crippen molar-refractivity contribution in [2.75, 3.05) is 0 Å². The van der Waals surface area contributed by atoms with E-state index in [1.165, 1.54) is 0 Å². The van der Waals surface area contributed by atoms with Crippen molar-refractivity contribution in [3.05, 3.63) is 0 Å². The van der Waals surface area contributed by atoms with Gasteiger partial charge >= 0.3 is 49.0 Å². The summed E-state index contributed by atoms with van der Waals surface area (Å²) in [5, 5.41) is 0. The van der Waals surface area contributed by atoms with Crippen LogP contribution in [0.25, 0.3) is 0 Å². The number of rotatable bonds is 0. The summed E-state index contributed by atoms with van der Waals surface area (Å²) in [5.74, 6) is 0. The molecule has 0 rings (SSSR count). The third kappa shape index (κ3) is 46.8. The smallest absolute Gasteiger partial charge is 1.00 e. The second kappa shape index (κ2) is 62.6. The van der Waals surface area contributed by atoms with Crippen LogP contribution in [-0.4, -0.2) is 0 Å². The van der Waals surface area contributed by atoms with Crippen molar-refractivity contribution in [2.24, 2.45) is 0 Å². The molecule has 54 valence electrons. The molecule has 0 aromatic carbocycles. The Morgan fingerprint density at radius 2 is 0.375 bits per heavy atom. The van der Waals surface area contributed by atoms with Gasteiger partial charge in [0.15, 0.2) is 0 Å². The fourth-order valence-electron chi connectivity index (χ4n) is 0. The summed E-state index contributed by atoms with van der Waals surface area (Å²) < 4.78 is 0. The molecule has 0 unspecified atom stereocenters. The number of halogens is 6. The summed E-state index contributed by atoms with van der Waals surface area (Å²) >= 11 is 0. The van der Waals surface area contributed by atoms with E-state index in [0.717, 1.165) is 0 Å². The van der Waals surface area contributed by atoms with E-state index in [-0.39, 0.29) is 151 Å². The Bertz CT molecular complexity index is 8.49. The molecule has 0 aliphatic carbocycles. The van der Waals surface area contributed by atoms with E-state index in [1.54, 1.807) is 0 Å². The molecule has 0 nitrogen and oxygen atoms in total. The Morgan fingerprint density at radius 1 is 0.375 bits per heavy atom. The van der Waals surface area contributed by atoms with Crippen LogP contribution in [0, 0.1) is 0 Å². The van der Waals surface area contributed by atoms with E-state index in [4.69, 9.17) is 0 Å². The van der Waals surface area contributed by atoms with Gasteiger partial charge < -0.3 is 102 Å². The molecule has 0 spiro atoms. The zero-order valence-corrected chi connectivity index (χ0v) is 16.8.